The van der Waals surface area contributed by atoms with Gasteiger partial charge in [-0.25, -0.2) is 9.97 Å². The first kappa shape index (κ1) is 18.6. The number of rotatable bonds is 4. The molecule has 2 aliphatic rings. The monoisotopic (exact) mass is 437 g/mol. The average Bonchev–Trinajstić information content (AvgIpc) is 3.54. The molecule has 4 heterocycles. The topological polar surface area (TPSA) is 94.9 Å². The molecule has 3 aromatic heterocycles. The van der Waals surface area contributed by atoms with Crippen LogP contribution in [0, 0.1) is 5.92 Å². The van der Waals surface area contributed by atoms with E-state index in [9.17, 15) is 4.79 Å². The highest BCUT2D eigenvalue weighted by Crippen LogP contribution is 2.48. The fraction of sp³-hybridized carbons (Fsp3) is 0.381. The summed E-state index contributed by atoms with van der Waals surface area (Å²) in [6.45, 7) is 1.15. The molecule has 0 N–H and O–H groups in total. The zero-order valence-corrected chi connectivity index (χ0v) is 17.6. The van der Waals surface area contributed by atoms with Gasteiger partial charge in [0.05, 0.1) is 6.33 Å². The van der Waals surface area contributed by atoms with E-state index in [0.29, 0.717) is 29.0 Å². The number of aromatic nitrogens is 6. The average molecular weight is 438 g/mol. The fourth-order valence-electron chi connectivity index (χ4n) is 5.05. The van der Waals surface area contributed by atoms with E-state index in [0.717, 1.165) is 30.2 Å². The number of anilines is 1. The van der Waals surface area contributed by atoms with Crippen molar-refractivity contribution < 1.29 is 4.52 Å². The van der Waals surface area contributed by atoms with Crippen molar-refractivity contribution in [2.45, 2.75) is 31.3 Å². The van der Waals surface area contributed by atoms with Crippen molar-refractivity contribution in [3.8, 4) is 0 Å². The van der Waals surface area contributed by atoms with E-state index in [-0.39, 0.29) is 18.0 Å². The van der Waals surface area contributed by atoms with E-state index in [1.165, 1.54) is 16.6 Å². The van der Waals surface area contributed by atoms with Gasteiger partial charge in [-0.05, 0) is 37.0 Å². The lowest BCUT2D eigenvalue weighted by molar-refractivity contribution is 0.353. The smallest absolute Gasteiger partial charge is 0.280 e. The number of aryl methyl sites for hydroxylation is 1. The summed E-state index contributed by atoms with van der Waals surface area (Å²) in [6.07, 6.45) is 5.15. The Balaban J connectivity index is 1.20. The van der Waals surface area contributed by atoms with Crippen molar-refractivity contribution in [2.24, 2.45) is 13.0 Å². The zero-order chi connectivity index (χ0) is 21.1. The third-order valence-corrected chi connectivity index (χ3v) is 6.74. The molecule has 4 aromatic rings. The van der Waals surface area contributed by atoms with E-state index in [1.807, 2.05) is 18.2 Å². The lowest BCUT2D eigenvalue weighted by atomic mass is 9.93. The van der Waals surface area contributed by atoms with E-state index < -0.39 is 0 Å². The minimum atomic E-state index is -0.179. The summed E-state index contributed by atoms with van der Waals surface area (Å²) in [5, 5.41) is 5.00. The first-order valence-corrected chi connectivity index (χ1v) is 10.7. The van der Waals surface area contributed by atoms with Crippen molar-refractivity contribution in [2.75, 3.05) is 11.4 Å². The van der Waals surface area contributed by atoms with Gasteiger partial charge in [0.2, 0.25) is 5.89 Å². The van der Waals surface area contributed by atoms with Crippen LogP contribution in [0.3, 0.4) is 0 Å². The van der Waals surface area contributed by atoms with Crippen LogP contribution < -0.4 is 10.5 Å². The second-order valence-electron chi connectivity index (χ2n) is 8.38. The van der Waals surface area contributed by atoms with Gasteiger partial charge in [-0.15, -0.1) is 0 Å². The van der Waals surface area contributed by atoms with Crippen LogP contribution in [0.15, 0.2) is 46.2 Å². The van der Waals surface area contributed by atoms with Gasteiger partial charge in [-0.3, -0.25) is 9.36 Å². The lowest BCUT2D eigenvalue weighted by Gasteiger charge is -2.32. The molecule has 1 aliphatic heterocycles. The number of imidazole rings is 1. The highest BCUT2D eigenvalue weighted by molar-refractivity contribution is 6.30. The molecule has 0 radical (unpaired) electrons. The van der Waals surface area contributed by atoms with Crippen LogP contribution in [0.4, 0.5) is 5.69 Å². The van der Waals surface area contributed by atoms with Gasteiger partial charge in [0.1, 0.15) is 12.9 Å². The largest absolute Gasteiger partial charge is 0.368 e. The van der Waals surface area contributed by atoms with Gasteiger partial charge in [-0.1, -0.05) is 22.8 Å². The normalized spacial score (nSPS) is 22.6. The molecule has 3 atom stereocenters. The first-order chi connectivity index (χ1) is 15.1. The van der Waals surface area contributed by atoms with E-state index in [4.69, 9.17) is 16.1 Å². The van der Waals surface area contributed by atoms with Gasteiger partial charge in [0, 0.05) is 36.3 Å². The van der Waals surface area contributed by atoms with Crippen LogP contribution in [0.2, 0.25) is 5.02 Å². The maximum absolute atomic E-state index is 12.7. The van der Waals surface area contributed by atoms with Crippen molar-refractivity contribution in [3.63, 3.8) is 0 Å². The van der Waals surface area contributed by atoms with E-state index in [2.05, 4.69) is 31.1 Å². The van der Waals surface area contributed by atoms with Crippen LogP contribution in [-0.2, 0) is 13.6 Å². The van der Waals surface area contributed by atoms with Gasteiger partial charge < -0.3 is 14.0 Å². The molecule has 9 nitrogen and oxygen atoms in total. The van der Waals surface area contributed by atoms with Gasteiger partial charge in [0.15, 0.2) is 17.0 Å². The molecule has 1 unspecified atom stereocenters. The summed E-state index contributed by atoms with van der Waals surface area (Å²) in [7, 11) is 1.77. The fourth-order valence-corrected chi connectivity index (χ4v) is 5.24. The quantitative estimate of drug-likeness (QED) is 0.484. The lowest BCUT2D eigenvalue weighted by Crippen LogP contribution is -2.35. The number of hydrogen-bond donors (Lipinski definition) is 0. The SMILES string of the molecule is Cn1cnc2ncn(Cc3nc([C@@H]4CC5C[C@@H]4CN5c4cccc(Cl)c4)no3)c(=O)c21. The van der Waals surface area contributed by atoms with Gasteiger partial charge >= 0.3 is 0 Å². The molecule has 0 spiro atoms. The number of fused-ring (bicyclic) bond motifs is 3. The summed E-state index contributed by atoms with van der Waals surface area (Å²) in [6, 6.07) is 8.48. The van der Waals surface area contributed by atoms with Crippen molar-refractivity contribution in [1.29, 1.82) is 0 Å². The molecule has 2 fully saturated rings. The predicted octanol–water partition coefficient (Wildman–Crippen LogP) is 2.60. The second kappa shape index (κ2) is 6.91. The summed E-state index contributed by atoms with van der Waals surface area (Å²) in [5.74, 6) is 1.89. The molecule has 6 rings (SSSR count). The highest BCUT2D eigenvalue weighted by Gasteiger charge is 2.47. The highest BCUT2D eigenvalue weighted by atomic mass is 35.5. The Hall–Kier alpha value is -3.20. The van der Waals surface area contributed by atoms with Crippen molar-refractivity contribution >= 4 is 28.5 Å². The summed E-state index contributed by atoms with van der Waals surface area (Å²) in [5.41, 5.74) is 1.88. The van der Waals surface area contributed by atoms with Gasteiger partial charge in [-0.2, -0.15) is 4.98 Å². The van der Waals surface area contributed by atoms with Crippen LogP contribution >= 0.6 is 11.6 Å². The Morgan fingerprint density at radius 1 is 1.23 bits per heavy atom. The van der Waals surface area contributed by atoms with Crippen LogP contribution in [0.5, 0.6) is 0 Å². The molecular formula is C21H20ClN7O2. The Kier molecular flexibility index (Phi) is 4.14. The Morgan fingerprint density at radius 3 is 2.90 bits per heavy atom. The number of piperidine rings is 1. The Bertz CT molecular complexity index is 1340. The molecule has 0 amide bonds. The molecule has 1 saturated carbocycles. The molecule has 10 heteroatoms. The minimum Gasteiger partial charge on any atom is -0.368 e. The third kappa shape index (κ3) is 3.03. The molecule has 1 aromatic carbocycles. The maximum Gasteiger partial charge on any atom is 0.280 e. The standard InChI is InChI=1S/C21H20ClN7O2/c1-27-10-23-20-18(27)21(30)28(11-24-20)9-17-25-19(26-31-17)16-7-15-5-12(16)8-29(15)14-4-2-3-13(22)6-14/h2-4,6,10-12,15-16H,5,7-9H2,1H3/t12-,15?,16-/m1/s1. The Labute approximate surface area is 182 Å². The number of nitrogens with zero attached hydrogens (tertiary/aromatic N) is 7. The second-order valence-corrected chi connectivity index (χ2v) is 8.81. The number of benzene rings is 1. The van der Waals surface area contributed by atoms with E-state index >= 15 is 0 Å². The minimum absolute atomic E-state index is 0.179. The summed E-state index contributed by atoms with van der Waals surface area (Å²) in [4.78, 5) is 28.1. The van der Waals surface area contributed by atoms with Crippen molar-refractivity contribution in [3.05, 3.63) is 64.0 Å². The zero-order valence-electron chi connectivity index (χ0n) is 16.8. The van der Waals surface area contributed by atoms with Crippen molar-refractivity contribution in [1.82, 2.24) is 29.2 Å². The van der Waals surface area contributed by atoms with E-state index in [1.54, 1.807) is 17.9 Å². The predicted molar refractivity (Wildman–Crippen MR) is 114 cm³/mol. The number of hydrogen-bond acceptors (Lipinski definition) is 7. The molecule has 1 aliphatic carbocycles. The molecule has 1 saturated heterocycles. The summed E-state index contributed by atoms with van der Waals surface area (Å²) >= 11 is 6.17. The Morgan fingerprint density at radius 2 is 2.10 bits per heavy atom. The molecule has 158 valence electrons. The first-order valence-electron chi connectivity index (χ1n) is 10.3. The third-order valence-electron chi connectivity index (χ3n) is 6.50. The molecule has 2 bridgehead atoms. The van der Waals surface area contributed by atoms with Gasteiger partial charge in [0.25, 0.3) is 5.56 Å². The van der Waals surface area contributed by atoms with Crippen LogP contribution in [0.1, 0.15) is 30.5 Å². The van der Waals surface area contributed by atoms with Crippen LogP contribution in [0.25, 0.3) is 11.2 Å². The van der Waals surface area contributed by atoms with Crippen LogP contribution in [-0.4, -0.2) is 41.8 Å². The number of halogens is 1. The maximum atomic E-state index is 12.7. The molecule has 31 heavy (non-hydrogen) atoms. The molecular weight excluding hydrogens is 418 g/mol. The summed E-state index contributed by atoms with van der Waals surface area (Å²) < 4.78 is 8.64.